The Hall–Kier alpha value is -2.99. The van der Waals surface area contributed by atoms with Crippen molar-refractivity contribution in [3.63, 3.8) is 0 Å². The number of benzene rings is 2. The molecule has 5 nitrogen and oxygen atoms in total. The van der Waals surface area contributed by atoms with Crippen LogP contribution in [-0.2, 0) is 16.0 Å². The third-order valence-electron chi connectivity index (χ3n) is 3.53. The van der Waals surface area contributed by atoms with Crippen LogP contribution in [0.15, 0.2) is 61.2 Å². The van der Waals surface area contributed by atoms with Gasteiger partial charge in [-0.3, -0.25) is 9.59 Å². The van der Waals surface area contributed by atoms with E-state index in [9.17, 15) is 19.1 Å². The molecule has 0 spiro atoms. The molecule has 2 aromatic rings. The van der Waals surface area contributed by atoms with Crippen LogP contribution in [0.5, 0.6) is 0 Å². The number of aliphatic hydroxyl groups is 1. The minimum absolute atomic E-state index is 0.0820. The van der Waals surface area contributed by atoms with E-state index in [1.165, 1.54) is 12.1 Å². The van der Waals surface area contributed by atoms with E-state index in [4.69, 9.17) is 0 Å². The Morgan fingerprint density at radius 1 is 1.16 bits per heavy atom. The molecule has 0 radical (unpaired) electrons. The Kier molecular flexibility index (Phi) is 6.42. The maximum atomic E-state index is 13.7. The number of amides is 2. The lowest BCUT2D eigenvalue weighted by molar-refractivity contribution is -0.124. The highest BCUT2D eigenvalue weighted by Gasteiger charge is 2.16. The van der Waals surface area contributed by atoms with Gasteiger partial charge in [-0.25, -0.2) is 4.39 Å². The molecule has 130 valence electrons. The fourth-order valence-corrected chi connectivity index (χ4v) is 2.19. The Morgan fingerprint density at radius 2 is 1.88 bits per heavy atom. The highest BCUT2D eigenvalue weighted by Crippen LogP contribution is 2.20. The van der Waals surface area contributed by atoms with Crippen LogP contribution in [0.2, 0.25) is 0 Å². The predicted octanol–water partition coefficient (Wildman–Crippen LogP) is 2.88. The molecular formula is C19H19FN2O3. The number of halogens is 1. The van der Waals surface area contributed by atoms with Gasteiger partial charge in [0.15, 0.2) is 0 Å². The molecule has 0 aliphatic heterocycles. The van der Waals surface area contributed by atoms with E-state index >= 15 is 0 Å². The van der Waals surface area contributed by atoms with E-state index in [1.807, 2.05) is 30.3 Å². The topological polar surface area (TPSA) is 78.4 Å². The fraction of sp³-hybridized carbons (Fsp3) is 0.158. The minimum Gasteiger partial charge on any atom is -0.383 e. The number of hydrogen-bond donors (Lipinski definition) is 3. The van der Waals surface area contributed by atoms with Crippen molar-refractivity contribution in [2.45, 2.75) is 18.9 Å². The Balaban J connectivity index is 1.96. The molecule has 2 rings (SSSR count). The summed E-state index contributed by atoms with van der Waals surface area (Å²) in [5.74, 6) is -1.80. The summed E-state index contributed by atoms with van der Waals surface area (Å²) in [5, 5.41) is 14.8. The van der Waals surface area contributed by atoms with Gasteiger partial charge < -0.3 is 15.7 Å². The standard InChI is InChI=1S/C19H19FN2O3/c1-2-18(24)22-16-12-14(9-10-15(16)20)21-19(25)17(23)11-8-13-6-4-3-5-7-13/h2-7,9-10,12,17,23H,1,8,11H2,(H,21,25)(H,22,24). The highest BCUT2D eigenvalue weighted by atomic mass is 19.1. The van der Waals surface area contributed by atoms with Crippen LogP contribution in [0.1, 0.15) is 12.0 Å². The number of aliphatic hydroxyl groups excluding tert-OH is 1. The summed E-state index contributed by atoms with van der Waals surface area (Å²) in [5.41, 5.74) is 1.21. The molecule has 6 heteroatoms. The first-order valence-corrected chi connectivity index (χ1v) is 7.75. The normalized spacial score (nSPS) is 11.4. The van der Waals surface area contributed by atoms with Gasteiger partial charge >= 0.3 is 0 Å². The Morgan fingerprint density at radius 3 is 2.56 bits per heavy atom. The summed E-state index contributed by atoms with van der Waals surface area (Å²) in [6, 6.07) is 13.2. The van der Waals surface area contributed by atoms with Gasteiger partial charge in [-0.15, -0.1) is 0 Å². The van der Waals surface area contributed by atoms with Crippen LogP contribution < -0.4 is 10.6 Å². The summed E-state index contributed by atoms with van der Waals surface area (Å²) in [4.78, 5) is 23.3. The van der Waals surface area contributed by atoms with E-state index in [0.29, 0.717) is 6.42 Å². The van der Waals surface area contributed by atoms with Crippen molar-refractivity contribution >= 4 is 23.2 Å². The van der Waals surface area contributed by atoms with E-state index in [0.717, 1.165) is 17.7 Å². The van der Waals surface area contributed by atoms with Gasteiger partial charge in [-0.2, -0.15) is 0 Å². The minimum atomic E-state index is -1.20. The molecule has 25 heavy (non-hydrogen) atoms. The smallest absolute Gasteiger partial charge is 0.253 e. The maximum Gasteiger partial charge on any atom is 0.253 e. The SMILES string of the molecule is C=CC(=O)Nc1cc(NC(=O)C(O)CCc2ccccc2)ccc1F. The van der Waals surface area contributed by atoms with Gasteiger partial charge in [0.05, 0.1) is 5.69 Å². The van der Waals surface area contributed by atoms with Crippen LogP contribution >= 0.6 is 0 Å². The highest BCUT2D eigenvalue weighted by molar-refractivity contribution is 6.00. The molecule has 0 bridgehead atoms. The lowest BCUT2D eigenvalue weighted by Gasteiger charge is -2.13. The second-order valence-electron chi connectivity index (χ2n) is 5.42. The van der Waals surface area contributed by atoms with Crippen molar-refractivity contribution in [1.29, 1.82) is 0 Å². The van der Waals surface area contributed by atoms with Crippen LogP contribution in [0, 0.1) is 5.82 Å². The quantitative estimate of drug-likeness (QED) is 0.677. The van der Waals surface area contributed by atoms with Crippen molar-refractivity contribution in [2.24, 2.45) is 0 Å². The van der Waals surface area contributed by atoms with Gasteiger partial charge in [-0.05, 0) is 42.7 Å². The summed E-state index contributed by atoms with van der Waals surface area (Å²) in [6.07, 6.45) is 0.630. The average Bonchev–Trinajstić information content (AvgIpc) is 2.63. The number of hydrogen-bond acceptors (Lipinski definition) is 3. The molecule has 0 aliphatic rings. The molecule has 0 heterocycles. The van der Waals surface area contributed by atoms with Crippen molar-refractivity contribution in [2.75, 3.05) is 10.6 Å². The Bertz CT molecular complexity index is 763. The first-order chi connectivity index (χ1) is 12.0. The predicted molar refractivity (Wildman–Crippen MR) is 94.6 cm³/mol. The average molecular weight is 342 g/mol. The molecule has 0 saturated heterocycles. The first kappa shape index (κ1) is 18.4. The second-order valence-corrected chi connectivity index (χ2v) is 5.42. The fourth-order valence-electron chi connectivity index (χ4n) is 2.19. The lowest BCUT2D eigenvalue weighted by Crippen LogP contribution is -2.28. The van der Waals surface area contributed by atoms with E-state index < -0.39 is 23.7 Å². The van der Waals surface area contributed by atoms with Crippen LogP contribution in [0.3, 0.4) is 0 Å². The summed E-state index contributed by atoms with van der Waals surface area (Å²) < 4.78 is 13.7. The van der Waals surface area contributed by atoms with Crippen LogP contribution in [0.4, 0.5) is 15.8 Å². The monoisotopic (exact) mass is 342 g/mol. The molecule has 0 saturated carbocycles. The zero-order valence-electron chi connectivity index (χ0n) is 13.5. The first-order valence-electron chi connectivity index (χ1n) is 7.75. The van der Waals surface area contributed by atoms with Gasteiger partial charge in [0, 0.05) is 5.69 Å². The molecule has 0 fully saturated rings. The van der Waals surface area contributed by atoms with E-state index in [2.05, 4.69) is 17.2 Å². The second kappa shape index (κ2) is 8.75. The molecule has 0 aromatic heterocycles. The van der Waals surface area contributed by atoms with Crippen molar-refractivity contribution < 1.29 is 19.1 Å². The molecule has 0 aliphatic carbocycles. The Labute approximate surface area is 145 Å². The van der Waals surface area contributed by atoms with Gasteiger partial charge in [-0.1, -0.05) is 36.9 Å². The van der Waals surface area contributed by atoms with E-state index in [-0.39, 0.29) is 17.8 Å². The zero-order valence-corrected chi connectivity index (χ0v) is 13.5. The molecule has 1 atom stereocenters. The van der Waals surface area contributed by atoms with Crippen LogP contribution in [0.25, 0.3) is 0 Å². The van der Waals surface area contributed by atoms with Crippen molar-refractivity contribution in [3.8, 4) is 0 Å². The van der Waals surface area contributed by atoms with Gasteiger partial charge in [0.1, 0.15) is 11.9 Å². The van der Waals surface area contributed by atoms with Gasteiger partial charge in [0.2, 0.25) is 5.91 Å². The van der Waals surface area contributed by atoms with Gasteiger partial charge in [0.25, 0.3) is 5.91 Å². The largest absolute Gasteiger partial charge is 0.383 e. The number of anilines is 2. The maximum absolute atomic E-state index is 13.7. The van der Waals surface area contributed by atoms with E-state index in [1.54, 1.807) is 0 Å². The number of carbonyl (C=O) groups is 2. The van der Waals surface area contributed by atoms with Crippen molar-refractivity contribution in [1.82, 2.24) is 0 Å². The number of nitrogens with one attached hydrogen (secondary N) is 2. The van der Waals surface area contributed by atoms with Crippen molar-refractivity contribution in [3.05, 3.63) is 72.6 Å². The number of carbonyl (C=O) groups excluding carboxylic acids is 2. The molecule has 3 N–H and O–H groups in total. The molecular weight excluding hydrogens is 323 g/mol. The third-order valence-corrected chi connectivity index (χ3v) is 3.53. The zero-order chi connectivity index (χ0) is 18.2. The number of aryl methyl sites for hydroxylation is 1. The summed E-state index contributed by atoms with van der Waals surface area (Å²) in [6.45, 7) is 3.29. The lowest BCUT2D eigenvalue weighted by atomic mass is 10.1. The summed E-state index contributed by atoms with van der Waals surface area (Å²) >= 11 is 0. The molecule has 1 unspecified atom stereocenters. The molecule has 2 amide bonds. The summed E-state index contributed by atoms with van der Waals surface area (Å²) in [7, 11) is 0. The molecule has 2 aromatic carbocycles. The number of rotatable bonds is 7. The van der Waals surface area contributed by atoms with Crippen LogP contribution in [-0.4, -0.2) is 23.0 Å². The third kappa shape index (κ3) is 5.54.